The molecule has 0 spiro atoms. The number of benzene rings is 2. The van der Waals surface area contributed by atoms with Crippen molar-refractivity contribution in [2.45, 2.75) is 31.2 Å². The average molecular weight is 408 g/mol. The molecule has 0 amide bonds. The van der Waals surface area contributed by atoms with Crippen LogP contribution in [0.2, 0.25) is 0 Å². The third-order valence-electron chi connectivity index (χ3n) is 5.03. The van der Waals surface area contributed by atoms with Crippen LogP contribution in [-0.4, -0.2) is 37.5 Å². The monoisotopic (exact) mass is 408 g/mol. The second-order valence-electron chi connectivity index (χ2n) is 6.78. The zero-order valence-corrected chi connectivity index (χ0v) is 17.4. The van der Waals surface area contributed by atoms with Crippen LogP contribution in [0.3, 0.4) is 0 Å². The quantitative estimate of drug-likeness (QED) is 0.381. The van der Waals surface area contributed by atoms with E-state index in [4.69, 9.17) is 4.74 Å². The fourth-order valence-electron chi connectivity index (χ4n) is 3.32. The molecule has 0 N–H and O–H groups in total. The number of ether oxygens (including phenoxy) is 1. The maximum Gasteiger partial charge on any atom is 0.318 e. The first-order valence-electron chi connectivity index (χ1n) is 9.14. The lowest BCUT2D eigenvalue weighted by molar-refractivity contribution is -0.139. The molecule has 1 atom stereocenters. The van der Waals surface area contributed by atoms with E-state index in [2.05, 4.69) is 10.2 Å². The van der Waals surface area contributed by atoms with E-state index in [1.807, 2.05) is 54.6 Å². The van der Waals surface area contributed by atoms with Gasteiger partial charge < -0.3 is 4.74 Å². The second-order valence-corrected chi connectivity index (χ2v) is 8.09. The summed E-state index contributed by atoms with van der Waals surface area (Å²) in [6.07, 6.45) is 0. The number of hydrogen-bond donors (Lipinski definition) is 0. The summed E-state index contributed by atoms with van der Waals surface area (Å²) in [5.41, 5.74) is 3.36. The highest BCUT2D eigenvalue weighted by Gasteiger charge is 2.22. The molecule has 8 heteroatoms. The van der Waals surface area contributed by atoms with Crippen LogP contribution in [-0.2, 0) is 9.53 Å². The number of thioether (sulfide) groups is 1. The summed E-state index contributed by atoms with van der Waals surface area (Å²) in [6, 6.07) is 13.2. The van der Waals surface area contributed by atoms with Crippen molar-refractivity contribution < 1.29 is 9.53 Å². The van der Waals surface area contributed by atoms with Crippen LogP contribution in [0.25, 0.3) is 22.4 Å². The van der Waals surface area contributed by atoms with E-state index in [1.54, 1.807) is 17.6 Å². The number of nitrogens with zero attached hydrogens (tertiary/aromatic N) is 4. The van der Waals surface area contributed by atoms with Crippen LogP contribution in [0.4, 0.5) is 0 Å². The van der Waals surface area contributed by atoms with Gasteiger partial charge in [0.05, 0.1) is 23.7 Å². The maximum atomic E-state index is 13.4. The molecule has 0 saturated heterocycles. The van der Waals surface area contributed by atoms with E-state index >= 15 is 0 Å². The van der Waals surface area contributed by atoms with E-state index < -0.39 is 5.25 Å². The summed E-state index contributed by atoms with van der Waals surface area (Å²) in [7, 11) is 1.36. The molecule has 4 rings (SSSR count). The van der Waals surface area contributed by atoms with E-state index in [0.717, 1.165) is 16.8 Å². The molecule has 0 bridgehead atoms. The van der Waals surface area contributed by atoms with Gasteiger partial charge in [0.1, 0.15) is 5.25 Å². The predicted molar refractivity (Wildman–Crippen MR) is 113 cm³/mol. The van der Waals surface area contributed by atoms with Gasteiger partial charge in [0.15, 0.2) is 5.16 Å². The van der Waals surface area contributed by atoms with Gasteiger partial charge in [-0.05, 0) is 50.1 Å². The average Bonchev–Trinajstić information content (AvgIpc) is 3.13. The van der Waals surface area contributed by atoms with Gasteiger partial charge in [-0.15, -0.1) is 10.2 Å². The Balaban J connectivity index is 2.07. The summed E-state index contributed by atoms with van der Waals surface area (Å²) in [6.45, 7) is 5.74. The number of aryl methyl sites for hydroxylation is 1. The van der Waals surface area contributed by atoms with Crippen LogP contribution in [0.5, 0.6) is 0 Å². The minimum Gasteiger partial charge on any atom is -0.468 e. The zero-order valence-electron chi connectivity index (χ0n) is 16.5. The number of rotatable bonds is 4. The van der Waals surface area contributed by atoms with E-state index in [9.17, 15) is 9.59 Å². The largest absolute Gasteiger partial charge is 0.468 e. The van der Waals surface area contributed by atoms with Gasteiger partial charge in [-0.3, -0.25) is 14.0 Å². The summed E-state index contributed by atoms with van der Waals surface area (Å²) < 4.78 is 8.24. The number of carbonyl (C=O) groups is 1. The molecule has 0 saturated carbocycles. The number of aromatic nitrogens is 4. The molecule has 2 aromatic carbocycles. The first-order valence-corrected chi connectivity index (χ1v) is 10.0. The Morgan fingerprint density at radius 2 is 1.86 bits per heavy atom. The third-order valence-corrected chi connectivity index (χ3v) is 6.05. The van der Waals surface area contributed by atoms with E-state index in [1.165, 1.54) is 18.9 Å². The molecule has 0 radical (unpaired) electrons. The Bertz CT molecular complexity index is 1310. The number of carbonyl (C=O) groups excluding carboxylic acids is 1. The highest BCUT2D eigenvalue weighted by atomic mass is 32.2. The summed E-state index contributed by atoms with van der Waals surface area (Å²) in [4.78, 5) is 25.3. The normalized spacial score (nSPS) is 12.4. The Morgan fingerprint density at radius 1 is 1.10 bits per heavy atom. The molecule has 0 aliphatic heterocycles. The van der Waals surface area contributed by atoms with Crippen molar-refractivity contribution in [2.24, 2.45) is 0 Å². The van der Waals surface area contributed by atoms with Crippen molar-refractivity contribution in [3.8, 4) is 5.69 Å². The van der Waals surface area contributed by atoms with Crippen LogP contribution in [0, 0.1) is 13.8 Å². The number of hydrogen-bond acceptors (Lipinski definition) is 6. The summed E-state index contributed by atoms with van der Waals surface area (Å²) >= 11 is 1.24. The molecule has 1 unspecified atom stereocenters. The van der Waals surface area contributed by atoms with Crippen molar-refractivity contribution in [3.05, 3.63) is 63.9 Å². The van der Waals surface area contributed by atoms with Gasteiger partial charge in [-0.25, -0.2) is 4.57 Å². The van der Waals surface area contributed by atoms with Gasteiger partial charge >= 0.3 is 5.97 Å². The molecule has 29 heavy (non-hydrogen) atoms. The standard InChI is InChI=1S/C21H20N4O3S/c1-12-8-7-11-16(13(12)2)24-18(26)15-9-5-6-10-17(15)25-20(24)22-23-21(25)29-14(3)19(27)28-4/h5-11,14H,1-4H3. The van der Waals surface area contributed by atoms with Crippen LogP contribution in [0.1, 0.15) is 18.1 Å². The van der Waals surface area contributed by atoms with Crippen molar-refractivity contribution in [2.75, 3.05) is 7.11 Å². The Hall–Kier alpha value is -3.13. The van der Waals surface area contributed by atoms with Crippen LogP contribution < -0.4 is 5.56 Å². The molecular weight excluding hydrogens is 388 g/mol. The minimum atomic E-state index is -0.466. The van der Waals surface area contributed by atoms with Gasteiger partial charge in [-0.1, -0.05) is 36.0 Å². The Kier molecular flexibility index (Phi) is 4.87. The molecule has 0 aliphatic rings. The van der Waals surface area contributed by atoms with Crippen molar-refractivity contribution in [1.82, 2.24) is 19.2 Å². The predicted octanol–water partition coefficient (Wildman–Crippen LogP) is 3.30. The fraction of sp³-hybridized carbons (Fsp3) is 0.238. The van der Waals surface area contributed by atoms with Crippen molar-refractivity contribution in [3.63, 3.8) is 0 Å². The van der Waals surface area contributed by atoms with E-state index in [0.29, 0.717) is 21.8 Å². The zero-order chi connectivity index (χ0) is 20.7. The van der Waals surface area contributed by atoms with Crippen molar-refractivity contribution >= 4 is 34.4 Å². The molecule has 148 valence electrons. The van der Waals surface area contributed by atoms with Crippen LogP contribution >= 0.6 is 11.8 Å². The van der Waals surface area contributed by atoms with Gasteiger partial charge in [0.25, 0.3) is 5.56 Å². The maximum absolute atomic E-state index is 13.4. The van der Waals surface area contributed by atoms with Crippen molar-refractivity contribution in [1.29, 1.82) is 0 Å². The lowest BCUT2D eigenvalue weighted by Gasteiger charge is -2.15. The summed E-state index contributed by atoms with van der Waals surface area (Å²) in [5, 5.41) is 9.21. The molecule has 4 aromatic rings. The lowest BCUT2D eigenvalue weighted by atomic mass is 10.1. The Labute approximate surface area is 171 Å². The fourth-order valence-corrected chi connectivity index (χ4v) is 4.20. The highest BCUT2D eigenvalue weighted by molar-refractivity contribution is 8.00. The van der Waals surface area contributed by atoms with Crippen LogP contribution in [0.15, 0.2) is 52.4 Å². The molecular formula is C21H20N4O3S. The number of fused-ring (bicyclic) bond motifs is 3. The molecule has 0 fully saturated rings. The second kappa shape index (κ2) is 7.36. The summed E-state index contributed by atoms with van der Waals surface area (Å²) in [5.74, 6) is 0.0564. The number of methoxy groups -OCH3 is 1. The smallest absolute Gasteiger partial charge is 0.318 e. The van der Waals surface area contributed by atoms with E-state index in [-0.39, 0.29) is 11.5 Å². The molecule has 2 heterocycles. The minimum absolute atomic E-state index is 0.160. The lowest BCUT2D eigenvalue weighted by Crippen LogP contribution is -2.23. The molecule has 0 aliphatic carbocycles. The van der Waals surface area contributed by atoms with Gasteiger partial charge in [0, 0.05) is 0 Å². The number of para-hydroxylation sites is 1. The SMILES string of the molecule is COC(=O)C(C)Sc1nnc2n(-c3cccc(C)c3C)c(=O)c3ccccc3n12. The third kappa shape index (κ3) is 3.09. The highest BCUT2D eigenvalue weighted by Crippen LogP contribution is 2.27. The Morgan fingerprint density at radius 3 is 2.62 bits per heavy atom. The molecule has 7 nitrogen and oxygen atoms in total. The van der Waals surface area contributed by atoms with Gasteiger partial charge in [-0.2, -0.15) is 0 Å². The number of esters is 1. The topological polar surface area (TPSA) is 78.5 Å². The molecule has 2 aromatic heterocycles. The first-order chi connectivity index (χ1) is 13.9. The first kappa shape index (κ1) is 19.2. The van der Waals surface area contributed by atoms with Gasteiger partial charge in [0.2, 0.25) is 5.78 Å².